The third kappa shape index (κ3) is 7.07. The van der Waals surface area contributed by atoms with E-state index in [-0.39, 0.29) is 5.41 Å². The number of nitrogens with one attached hydrogen (secondary N) is 2. The summed E-state index contributed by atoms with van der Waals surface area (Å²) >= 11 is 1.73. The number of nitrogens with zero attached hydrogens (tertiary/aromatic N) is 2. The van der Waals surface area contributed by atoms with Crippen LogP contribution in [0.25, 0.3) is 0 Å². The standard InChI is InChI=1S/C21H38N4OS/c1-6-22-19(23-14-17-15-27-18(25-17)20(3,4)5)24-16-21(10-8-9-11-21)12-13-26-7-2/h15H,6-14,16H2,1-5H3,(H2,22,23,24). The fraction of sp³-hybridized carbons (Fsp3) is 0.810. The zero-order valence-corrected chi connectivity index (χ0v) is 18.7. The van der Waals surface area contributed by atoms with E-state index in [1.165, 1.54) is 30.7 Å². The topological polar surface area (TPSA) is 58.5 Å². The lowest BCUT2D eigenvalue weighted by atomic mass is 9.83. The Morgan fingerprint density at radius 2 is 2.00 bits per heavy atom. The fourth-order valence-electron chi connectivity index (χ4n) is 3.57. The SMILES string of the molecule is CCNC(=NCc1csc(C(C)(C)C)n1)NCC1(CCOCC)CCCC1. The highest BCUT2D eigenvalue weighted by Gasteiger charge is 2.33. The Kier molecular flexibility index (Phi) is 8.55. The molecule has 1 aliphatic rings. The van der Waals surface area contributed by atoms with E-state index in [1.54, 1.807) is 11.3 Å². The van der Waals surface area contributed by atoms with Crippen LogP contribution in [0.4, 0.5) is 0 Å². The van der Waals surface area contributed by atoms with Crippen molar-refractivity contribution in [1.29, 1.82) is 0 Å². The van der Waals surface area contributed by atoms with Crippen LogP contribution in [0.3, 0.4) is 0 Å². The van der Waals surface area contributed by atoms with Gasteiger partial charge in [-0.2, -0.15) is 0 Å². The van der Waals surface area contributed by atoms with Gasteiger partial charge in [0.25, 0.3) is 0 Å². The molecule has 1 aliphatic carbocycles. The largest absolute Gasteiger partial charge is 0.382 e. The number of aromatic nitrogens is 1. The van der Waals surface area contributed by atoms with Crippen molar-refractivity contribution in [2.75, 3.05) is 26.3 Å². The van der Waals surface area contributed by atoms with Gasteiger partial charge in [-0.25, -0.2) is 9.98 Å². The molecule has 0 saturated heterocycles. The first-order valence-corrected chi connectivity index (χ1v) is 11.3. The molecule has 0 aromatic carbocycles. The number of thiazole rings is 1. The zero-order chi connectivity index (χ0) is 19.8. The molecule has 27 heavy (non-hydrogen) atoms. The number of guanidine groups is 1. The lowest BCUT2D eigenvalue weighted by Crippen LogP contribution is -2.43. The van der Waals surface area contributed by atoms with Crippen LogP contribution in [0.15, 0.2) is 10.4 Å². The molecular formula is C21H38N4OS. The van der Waals surface area contributed by atoms with Crippen molar-refractivity contribution in [2.24, 2.45) is 10.4 Å². The fourth-order valence-corrected chi connectivity index (χ4v) is 4.47. The van der Waals surface area contributed by atoms with E-state index >= 15 is 0 Å². The molecule has 1 aromatic heterocycles. The van der Waals surface area contributed by atoms with Crippen molar-refractivity contribution in [3.8, 4) is 0 Å². The van der Waals surface area contributed by atoms with Gasteiger partial charge in [-0.3, -0.25) is 0 Å². The Hall–Kier alpha value is -1.14. The molecule has 6 heteroatoms. The first-order chi connectivity index (χ1) is 12.9. The lowest BCUT2D eigenvalue weighted by Gasteiger charge is -2.30. The van der Waals surface area contributed by atoms with E-state index in [9.17, 15) is 0 Å². The summed E-state index contributed by atoms with van der Waals surface area (Å²) in [6, 6.07) is 0. The monoisotopic (exact) mass is 394 g/mol. The van der Waals surface area contributed by atoms with Gasteiger partial charge >= 0.3 is 0 Å². The maximum atomic E-state index is 5.63. The highest BCUT2D eigenvalue weighted by atomic mass is 32.1. The number of rotatable bonds is 9. The molecule has 1 aromatic rings. The second kappa shape index (κ2) is 10.4. The van der Waals surface area contributed by atoms with Gasteiger partial charge < -0.3 is 15.4 Å². The van der Waals surface area contributed by atoms with E-state index in [1.807, 2.05) is 0 Å². The van der Waals surface area contributed by atoms with Gasteiger partial charge in [0.1, 0.15) is 0 Å². The summed E-state index contributed by atoms with van der Waals surface area (Å²) in [5.41, 5.74) is 1.50. The van der Waals surface area contributed by atoms with Crippen LogP contribution < -0.4 is 10.6 Å². The molecule has 0 bridgehead atoms. The number of hydrogen-bond donors (Lipinski definition) is 2. The summed E-state index contributed by atoms with van der Waals surface area (Å²) in [5.74, 6) is 0.894. The Morgan fingerprint density at radius 3 is 2.59 bits per heavy atom. The first kappa shape index (κ1) is 22.2. The molecule has 1 fully saturated rings. The van der Waals surface area contributed by atoms with Crippen LogP contribution in [0, 0.1) is 5.41 Å². The van der Waals surface area contributed by atoms with Crippen LogP contribution in [-0.2, 0) is 16.7 Å². The van der Waals surface area contributed by atoms with Gasteiger partial charge in [0.15, 0.2) is 5.96 Å². The van der Waals surface area contributed by atoms with E-state index < -0.39 is 0 Å². The summed E-state index contributed by atoms with van der Waals surface area (Å²) in [7, 11) is 0. The number of hydrogen-bond acceptors (Lipinski definition) is 4. The van der Waals surface area contributed by atoms with Gasteiger partial charge in [0.2, 0.25) is 0 Å². The second-order valence-electron chi connectivity index (χ2n) is 8.60. The van der Waals surface area contributed by atoms with Crippen molar-refractivity contribution in [3.63, 3.8) is 0 Å². The molecule has 0 atom stereocenters. The summed E-state index contributed by atoms with van der Waals surface area (Å²) in [4.78, 5) is 9.53. The third-order valence-corrected chi connectivity index (χ3v) is 6.53. The number of aliphatic imine (C=N–C) groups is 1. The summed E-state index contributed by atoms with van der Waals surface area (Å²) in [6.45, 7) is 14.9. The smallest absolute Gasteiger partial charge is 0.191 e. The quantitative estimate of drug-likeness (QED) is 0.368. The first-order valence-electron chi connectivity index (χ1n) is 10.4. The van der Waals surface area contributed by atoms with Crippen molar-refractivity contribution in [2.45, 2.75) is 78.7 Å². The minimum absolute atomic E-state index is 0.102. The van der Waals surface area contributed by atoms with Crippen molar-refractivity contribution < 1.29 is 4.74 Å². The predicted octanol–water partition coefficient (Wildman–Crippen LogP) is 4.48. The average molecular weight is 395 g/mol. The molecule has 2 rings (SSSR count). The van der Waals surface area contributed by atoms with Gasteiger partial charge in [-0.05, 0) is 38.5 Å². The highest BCUT2D eigenvalue weighted by molar-refractivity contribution is 7.09. The molecule has 154 valence electrons. The highest BCUT2D eigenvalue weighted by Crippen LogP contribution is 2.40. The Bertz CT molecular complexity index is 585. The summed E-state index contributed by atoms with van der Waals surface area (Å²) in [5, 5.41) is 10.3. The molecule has 0 spiro atoms. The third-order valence-electron chi connectivity index (χ3n) is 5.21. The van der Waals surface area contributed by atoms with Crippen molar-refractivity contribution in [1.82, 2.24) is 15.6 Å². The second-order valence-corrected chi connectivity index (χ2v) is 9.45. The molecule has 0 aliphatic heterocycles. The Labute approximate surface area is 169 Å². The normalized spacial score (nSPS) is 17.3. The van der Waals surface area contributed by atoms with Gasteiger partial charge in [-0.1, -0.05) is 33.6 Å². The minimum Gasteiger partial charge on any atom is -0.382 e. The van der Waals surface area contributed by atoms with Gasteiger partial charge in [0.05, 0.1) is 17.2 Å². The average Bonchev–Trinajstić information content (AvgIpc) is 3.27. The molecule has 5 nitrogen and oxygen atoms in total. The molecule has 1 saturated carbocycles. The predicted molar refractivity (Wildman–Crippen MR) is 116 cm³/mol. The Balaban J connectivity index is 1.95. The molecule has 2 N–H and O–H groups in total. The lowest BCUT2D eigenvalue weighted by molar-refractivity contribution is 0.105. The van der Waals surface area contributed by atoms with E-state index in [2.05, 4.69) is 50.6 Å². The van der Waals surface area contributed by atoms with Gasteiger partial charge in [0, 0.05) is 37.1 Å². The summed E-state index contributed by atoms with van der Waals surface area (Å²) < 4.78 is 5.63. The van der Waals surface area contributed by atoms with E-state index in [4.69, 9.17) is 14.7 Å². The minimum atomic E-state index is 0.102. The molecule has 0 amide bonds. The zero-order valence-electron chi connectivity index (χ0n) is 17.9. The van der Waals surface area contributed by atoms with Crippen LogP contribution in [0.5, 0.6) is 0 Å². The van der Waals surface area contributed by atoms with E-state index in [0.717, 1.165) is 44.4 Å². The van der Waals surface area contributed by atoms with Crippen LogP contribution in [0.1, 0.15) is 77.4 Å². The van der Waals surface area contributed by atoms with E-state index in [0.29, 0.717) is 12.0 Å². The molecule has 1 heterocycles. The van der Waals surface area contributed by atoms with Crippen LogP contribution >= 0.6 is 11.3 Å². The van der Waals surface area contributed by atoms with Gasteiger partial charge in [-0.15, -0.1) is 11.3 Å². The van der Waals surface area contributed by atoms with Crippen LogP contribution in [0.2, 0.25) is 0 Å². The van der Waals surface area contributed by atoms with Crippen LogP contribution in [-0.4, -0.2) is 37.2 Å². The number of ether oxygens (including phenoxy) is 1. The molecular weight excluding hydrogens is 356 g/mol. The van der Waals surface area contributed by atoms with Crippen molar-refractivity contribution in [3.05, 3.63) is 16.1 Å². The Morgan fingerprint density at radius 1 is 1.26 bits per heavy atom. The maximum Gasteiger partial charge on any atom is 0.191 e. The summed E-state index contributed by atoms with van der Waals surface area (Å²) in [6.07, 6.45) is 6.36. The molecule has 0 radical (unpaired) electrons. The molecule has 0 unspecified atom stereocenters. The van der Waals surface area contributed by atoms with Crippen molar-refractivity contribution >= 4 is 17.3 Å². The maximum absolute atomic E-state index is 5.63.